The summed E-state index contributed by atoms with van der Waals surface area (Å²) in [5, 5.41) is 7.25. The maximum absolute atomic E-state index is 12.3. The maximum atomic E-state index is 12.3. The molecule has 20 heavy (non-hydrogen) atoms. The van der Waals surface area contributed by atoms with Crippen molar-refractivity contribution in [3.8, 4) is 0 Å². The molecule has 1 saturated heterocycles. The number of rotatable bonds is 4. The molecule has 0 bridgehead atoms. The van der Waals surface area contributed by atoms with Crippen LogP contribution in [0, 0.1) is 10.7 Å². The number of aromatic amines is 1. The summed E-state index contributed by atoms with van der Waals surface area (Å²) in [6.07, 6.45) is 3.01. The van der Waals surface area contributed by atoms with Gasteiger partial charge in [-0.3, -0.25) is 9.89 Å². The van der Waals surface area contributed by atoms with E-state index in [-0.39, 0.29) is 11.8 Å². The summed E-state index contributed by atoms with van der Waals surface area (Å²) in [5.74, 6) is 1.68. The normalized spacial score (nSPS) is 20.9. The van der Waals surface area contributed by atoms with Crippen molar-refractivity contribution in [1.29, 1.82) is 0 Å². The highest BCUT2D eigenvalue weighted by atomic mass is 32.1. The Balaban J connectivity index is 2.14. The number of aromatic nitrogens is 3. The molecular formula is C14H24N4OS. The van der Waals surface area contributed by atoms with Crippen LogP contribution in [0.5, 0.6) is 0 Å². The third kappa shape index (κ3) is 2.95. The van der Waals surface area contributed by atoms with Gasteiger partial charge in [0.15, 0.2) is 4.77 Å². The second-order valence-corrected chi connectivity index (χ2v) is 5.95. The molecule has 0 saturated carbocycles. The van der Waals surface area contributed by atoms with Gasteiger partial charge in [0.1, 0.15) is 5.82 Å². The van der Waals surface area contributed by atoms with Crippen LogP contribution in [0.4, 0.5) is 0 Å². The number of hydrogen-bond acceptors (Lipinski definition) is 3. The fraction of sp³-hybridized carbons (Fsp3) is 0.786. The fourth-order valence-electron chi connectivity index (χ4n) is 2.82. The van der Waals surface area contributed by atoms with Crippen molar-refractivity contribution >= 4 is 18.1 Å². The predicted octanol–water partition coefficient (Wildman–Crippen LogP) is 2.71. The lowest BCUT2D eigenvalue weighted by molar-refractivity contribution is -0.136. The number of carbonyl (C=O) groups excluding carboxylic acids is 1. The minimum atomic E-state index is 0.112. The number of H-pyrrole nitrogens is 1. The van der Waals surface area contributed by atoms with E-state index in [1.807, 2.05) is 16.4 Å². The second-order valence-electron chi connectivity index (χ2n) is 5.56. The van der Waals surface area contributed by atoms with Gasteiger partial charge in [0.2, 0.25) is 5.91 Å². The first kappa shape index (κ1) is 15.2. The lowest BCUT2D eigenvalue weighted by atomic mass is 9.95. The molecule has 0 aliphatic carbocycles. The highest BCUT2D eigenvalue weighted by Gasteiger charge is 2.29. The van der Waals surface area contributed by atoms with Crippen LogP contribution in [-0.4, -0.2) is 38.7 Å². The molecule has 112 valence electrons. The number of nitrogens with one attached hydrogen (secondary N) is 1. The van der Waals surface area contributed by atoms with Gasteiger partial charge >= 0.3 is 0 Å². The van der Waals surface area contributed by atoms with Crippen molar-refractivity contribution in [2.75, 3.05) is 13.1 Å². The predicted molar refractivity (Wildman–Crippen MR) is 81.1 cm³/mol. The Hall–Kier alpha value is -1.17. The van der Waals surface area contributed by atoms with E-state index in [0.717, 1.165) is 44.7 Å². The van der Waals surface area contributed by atoms with Gasteiger partial charge in [0, 0.05) is 31.5 Å². The smallest absolute Gasteiger partial charge is 0.225 e. The summed E-state index contributed by atoms with van der Waals surface area (Å²) in [6.45, 7) is 8.60. The van der Waals surface area contributed by atoms with Gasteiger partial charge in [-0.25, -0.2) is 0 Å². The summed E-state index contributed by atoms with van der Waals surface area (Å²) in [5.41, 5.74) is 0. The van der Waals surface area contributed by atoms with Crippen LogP contribution in [0.1, 0.15) is 51.8 Å². The third-order valence-corrected chi connectivity index (χ3v) is 4.55. The molecule has 1 aromatic heterocycles. The minimum absolute atomic E-state index is 0.112. The molecule has 0 spiro atoms. The fourth-order valence-corrected chi connectivity index (χ4v) is 3.09. The summed E-state index contributed by atoms with van der Waals surface area (Å²) in [7, 11) is 0. The molecule has 2 atom stereocenters. The molecule has 1 aromatic rings. The van der Waals surface area contributed by atoms with Crippen LogP contribution in [-0.2, 0) is 11.3 Å². The molecule has 1 aliphatic heterocycles. The zero-order chi connectivity index (χ0) is 14.7. The second kappa shape index (κ2) is 6.52. The molecule has 1 amide bonds. The number of carbonyl (C=O) groups is 1. The van der Waals surface area contributed by atoms with E-state index in [9.17, 15) is 4.79 Å². The molecular weight excluding hydrogens is 272 g/mol. The van der Waals surface area contributed by atoms with E-state index in [0.29, 0.717) is 10.7 Å². The van der Waals surface area contributed by atoms with Crippen molar-refractivity contribution < 1.29 is 4.79 Å². The van der Waals surface area contributed by atoms with Crippen LogP contribution >= 0.6 is 12.2 Å². The van der Waals surface area contributed by atoms with E-state index in [1.54, 1.807) is 0 Å². The highest BCUT2D eigenvalue weighted by molar-refractivity contribution is 7.71. The van der Waals surface area contributed by atoms with Crippen LogP contribution in [0.3, 0.4) is 0 Å². The van der Waals surface area contributed by atoms with Gasteiger partial charge in [0.25, 0.3) is 0 Å². The lowest BCUT2D eigenvalue weighted by Gasteiger charge is -2.33. The van der Waals surface area contributed by atoms with E-state index in [1.165, 1.54) is 0 Å². The van der Waals surface area contributed by atoms with Gasteiger partial charge in [-0.2, -0.15) is 5.10 Å². The molecule has 2 rings (SSSR count). The summed E-state index contributed by atoms with van der Waals surface area (Å²) in [4.78, 5) is 14.3. The number of amides is 1. The highest BCUT2D eigenvalue weighted by Crippen LogP contribution is 2.26. The SMILES string of the molecule is CCC(C)C(=O)N1CCCC(c2n[nH]c(=S)n2CC)C1. The van der Waals surface area contributed by atoms with Gasteiger partial charge in [-0.05, 0) is 38.4 Å². The molecule has 0 aromatic carbocycles. The van der Waals surface area contributed by atoms with E-state index in [2.05, 4.69) is 24.0 Å². The monoisotopic (exact) mass is 296 g/mol. The Morgan fingerprint density at radius 2 is 2.30 bits per heavy atom. The average Bonchev–Trinajstić information content (AvgIpc) is 2.86. The van der Waals surface area contributed by atoms with Crippen molar-refractivity contribution in [2.45, 2.75) is 52.5 Å². The van der Waals surface area contributed by atoms with Gasteiger partial charge in [0.05, 0.1) is 0 Å². The molecule has 2 unspecified atom stereocenters. The van der Waals surface area contributed by atoms with Crippen molar-refractivity contribution in [1.82, 2.24) is 19.7 Å². The third-order valence-electron chi connectivity index (χ3n) is 4.24. The van der Waals surface area contributed by atoms with E-state index in [4.69, 9.17) is 12.2 Å². The van der Waals surface area contributed by atoms with Crippen LogP contribution in [0.2, 0.25) is 0 Å². The largest absolute Gasteiger partial charge is 0.342 e. The van der Waals surface area contributed by atoms with Crippen molar-refractivity contribution in [3.05, 3.63) is 10.6 Å². The van der Waals surface area contributed by atoms with Gasteiger partial charge < -0.3 is 9.47 Å². The Kier molecular flexibility index (Phi) is 4.96. The van der Waals surface area contributed by atoms with E-state index < -0.39 is 0 Å². The topological polar surface area (TPSA) is 53.9 Å². The number of piperidine rings is 1. The quantitative estimate of drug-likeness (QED) is 0.869. The molecule has 5 nitrogen and oxygen atoms in total. The Morgan fingerprint density at radius 3 is 2.95 bits per heavy atom. The van der Waals surface area contributed by atoms with Gasteiger partial charge in [-0.1, -0.05) is 13.8 Å². The first-order valence-electron chi connectivity index (χ1n) is 7.52. The van der Waals surface area contributed by atoms with Crippen LogP contribution < -0.4 is 0 Å². The number of nitrogens with zero attached hydrogens (tertiary/aromatic N) is 3. The van der Waals surface area contributed by atoms with Crippen LogP contribution in [0.15, 0.2) is 0 Å². The molecule has 2 heterocycles. The van der Waals surface area contributed by atoms with Crippen molar-refractivity contribution in [2.24, 2.45) is 5.92 Å². The molecule has 1 fully saturated rings. The Morgan fingerprint density at radius 1 is 1.55 bits per heavy atom. The summed E-state index contributed by atoms with van der Waals surface area (Å²) >= 11 is 5.25. The van der Waals surface area contributed by atoms with E-state index >= 15 is 0 Å². The summed E-state index contributed by atoms with van der Waals surface area (Å²) < 4.78 is 2.71. The maximum Gasteiger partial charge on any atom is 0.225 e. The number of likely N-dealkylation sites (tertiary alicyclic amines) is 1. The number of hydrogen-bond donors (Lipinski definition) is 1. The zero-order valence-corrected chi connectivity index (χ0v) is 13.4. The van der Waals surface area contributed by atoms with Crippen molar-refractivity contribution in [3.63, 3.8) is 0 Å². The molecule has 1 N–H and O–H groups in total. The van der Waals surface area contributed by atoms with Gasteiger partial charge in [-0.15, -0.1) is 0 Å². The molecule has 0 radical (unpaired) electrons. The first-order valence-corrected chi connectivity index (χ1v) is 7.93. The first-order chi connectivity index (χ1) is 9.58. The zero-order valence-electron chi connectivity index (χ0n) is 12.6. The molecule has 1 aliphatic rings. The van der Waals surface area contributed by atoms with Crippen LogP contribution in [0.25, 0.3) is 0 Å². The molecule has 6 heteroatoms. The summed E-state index contributed by atoms with van der Waals surface area (Å²) in [6, 6.07) is 0. The Labute approximate surface area is 125 Å². The standard InChI is InChI=1S/C14H24N4OS/c1-4-10(3)13(19)17-8-6-7-11(9-17)12-15-16-14(20)18(12)5-2/h10-11H,4-9H2,1-3H3,(H,16,20). The average molecular weight is 296 g/mol. The minimum Gasteiger partial charge on any atom is -0.342 e. The Bertz CT molecular complexity index is 521. The lowest BCUT2D eigenvalue weighted by Crippen LogP contribution is -2.42.